The number of fused-ring (bicyclic) bond motifs is 3. The van der Waals surface area contributed by atoms with E-state index in [1.807, 2.05) is 28.8 Å². The second kappa shape index (κ2) is 9.46. The van der Waals surface area contributed by atoms with E-state index in [9.17, 15) is 24.1 Å². The van der Waals surface area contributed by atoms with Gasteiger partial charge in [-0.05, 0) is 48.5 Å². The van der Waals surface area contributed by atoms with Crippen LogP contribution in [-0.2, 0) is 9.63 Å². The Labute approximate surface area is 209 Å². The van der Waals surface area contributed by atoms with Crippen molar-refractivity contribution in [3.8, 4) is 5.69 Å². The van der Waals surface area contributed by atoms with Crippen molar-refractivity contribution >= 4 is 45.0 Å². The topological polar surface area (TPSA) is 104 Å². The van der Waals surface area contributed by atoms with Crippen LogP contribution in [-0.4, -0.2) is 27.0 Å². The van der Waals surface area contributed by atoms with E-state index in [4.69, 9.17) is 0 Å². The van der Waals surface area contributed by atoms with Crippen molar-refractivity contribution in [2.45, 2.75) is 6.92 Å². The van der Waals surface area contributed by atoms with Gasteiger partial charge in [0.05, 0.1) is 16.0 Å². The number of oxime groups is 1. The second-order valence-corrected chi connectivity index (χ2v) is 8.19. The summed E-state index contributed by atoms with van der Waals surface area (Å²) in [6.45, 7) is 1.13. The highest BCUT2D eigenvalue weighted by Gasteiger charge is 2.22. The lowest BCUT2D eigenvalue weighted by atomic mass is 10.00. The van der Waals surface area contributed by atoms with Crippen LogP contribution in [0.25, 0.3) is 27.5 Å². The van der Waals surface area contributed by atoms with Crippen molar-refractivity contribution in [2.24, 2.45) is 5.16 Å². The zero-order valence-corrected chi connectivity index (χ0v) is 19.4. The Hall–Kier alpha value is -5.18. The molecule has 5 aromatic rings. The summed E-state index contributed by atoms with van der Waals surface area (Å²) in [5, 5.41) is 16.5. The molecule has 1 aromatic heterocycles. The smallest absolute Gasteiger partial charge is 0.318 e. The number of hydrogen-bond donors (Lipinski definition) is 0. The molecule has 4 aromatic carbocycles. The Morgan fingerprint density at radius 2 is 1.57 bits per heavy atom. The average molecular weight is 495 g/mol. The summed E-state index contributed by atoms with van der Waals surface area (Å²) < 4.78 is 16.4. The maximum absolute atomic E-state index is 14.4. The molecule has 0 spiro atoms. The molecule has 1 heterocycles. The summed E-state index contributed by atoms with van der Waals surface area (Å²) in [5.41, 5.74) is 2.06. The van der Waals surface area contributed by atoms with Crippen LogP contribution in [0.3, 0.4) is 0 Å². The number of nitro groups is 1. The first-order valence-electron chi connectivity index (χ1n) is 11.2. The molecule has 182 valence electrons. The third-order valence-corrected chi connectivity index (χ3v) is 5.86. The van der Waals surface area contributed by atoms with Gasteiger partial charge in [-0.25, -0.2) is 9.18 Å². The summed E-state index contributed by atoms with van der Waals surface area (Å²) in [4.78, 5) is 40.1. The maximum atomic E-state index is 14.4. The standard InChI is InChI=1S/C28H18FN3O5/c1-17(33)37-30-27(22-7-2-4-8-24(22)29)28(34)18-10-12-19(13-11-18)31-25-9-5-3-6-21(25)23-16-20(32(35)36)14-15-26(23)31/h2-16H,1H3/b30-27-. The molecule has 0 amide bonds. The molecule has 9 heteroatoms. The minimum absolute atomic E-state index is 0.0101. The van der Waals surface area contributed by atoms with Gasteiger partial charge in [-0.15, -0.1) is 0 Å². The number of rotatable bonds is 6. The van der Waals surface area contributed by atoms with Crippen LogP contribution < -0.4 is 0 Å². The molecule has 0 radical (unpaired) electrons. The summed E-state index contributed by atoms with van der Waals surface area (Å²) in [6, 6.07) is 24.3. The van der Waals surface area contributed by atoms with Gasteiger partial charge in [-0.2, -0.15) is 0 Å². The quantitative estimate of drug-likeness (QED) is 0.0948. The predicted octanol–water partition coefficient (Wildman–Crippen LogP) is 5.98. The van der Waals surface area contributed by atoms with Crippen LogP contribution in [0.15, 0.2) is 96.2 Å². The molecule has 0 unspecified atom stereocenters. The number of Topliss-reactive ketones (excluding diaryl/α,β-unsaturated/α-hetero) is 1. The van der Waals surface area contributed by atoms with Gasteiger partial charge in [-0.1, -0.05) is 35.5 Å². The van der Waals surface area contributed by atoms with Gasteiger partial charge in [0.1, 0.15) is 5.82 Å². The fourth-order valence-corrected chi connectivity index (χ4v) is 4.23. The number of ketones is 1. The third kappa shape index (κ3) is 4.34. The van der Waals surface area contributed by atoms with Crippen LogP contribution in [0.5, 0.6) is 0 Å². The second-order valence-electron chi connectivity index (χ2n) is 8.19. The van der Waals surface area contributed by atoms with Crippen LogP contribution in [0.4, 0.5) is 10.1 Å². The van der Waals surface area contributed by atoms with Crippen molar-refractivity contribution < 1.29 is 23.7 Å². The van der Waals surface area contributed by atoms with Crippen LogP contribution in [0, 0.1) is 15.9 Å². The number of para-hydroxylation sites is 1. The molecule has 0 fully saturated rings. The molecule has 0 aliphatic carbocycles. The van der Waals surface area contributed by atoms with E-state index >= 15 is 0 Å². The highest BCUT2D eigenvalue weighted by molar-refractivity contribution is 6.51. The van der Waals surface area contributed by atoms with Gasteiger partial charge < -0.3 is 9.40 Å². The predicted molar refractivity (Wildman–Crippen MR) is 136 cm³/mol. The first-order valence-corrected chi connectivity index (χ1v) is 11.2. The SMILES string of the molecule is CC(=O)O/N=C(\C(=O)c1ccc(-n2c3ccccc3c3cc([N+](=O)[O-])ccc32)cc1)c1ccccc1F. The Morgan fingerprint density at radius 1 is 0.892 bits per heavy atom. The van der Waals surface area contributed by atoms with Crippen LogP contribution in [0.1, 0.15) is 22.8 Å². The van der Waals surface area contributed by atoms with Crippen LogP contribution in [0.2, 0.25) is 0 Å². The molecule has 0 saturated carbocycles. The number of halogens is 1. The largest absolute Gasteiger partial charge is 0.332 e. The highest BCUT2D eigenvalue weighted by Crippen LogP contribution is 2.34. The van der Waals surface area contributed by atoms with E-state index in [0.29, 0.717) is 5.69 Å². The Bertz CT molecular complexity index is 1740. The number of aromatic nitrogens is 1. The lowest BCUT2D eigenvalue weighted by Gasteiger charge is -2.10. The molecule has 0 saturated heterocycles. The third-order valence-electron chi connectivity index (χ3n) is 5.86. The van der Waals surface area contributed by atoms with E-state index in [0.717, 1.165) is 28.7 Å². The lowest BCUT2D eigenvalue weighted by Crippen LogP contribution is -2.18. The number of nitrogens with zero attached hydrogens (tertiary/aromatic N) is 3. The minimum Gasteiger partial charge on any atom is -0.318 e. The fourth-order valence-electron chi connectivity index (χ4n) is 4.23. The summed E-state index contributed by atoms with van der Waals surface area (Å²) in [6.07, 6.45) is 0. The Balaban J connectivity index is 1.59. The van der Waals surface area contributed by atoms with Gasteiger partial charge in [0.25, 0.3) is 5.69 Å². The van der Waals surface area contributed by atoms with E-state index < -0.39 is 22.5 Å². The number of carbonyl (C=O) groups excluding carboxylic acids is 2. The van der Waals surface area contributed by atoms with E-state index in [2.05, 4.69) is 9.99 Å². The van der Waals surface area contributed by atoms with Crippen molar-refractivity contribution in [3.05, 3.63) is 118 Å². The average Bonchev–Trinajstić information content (AvgIpc) is 3.23. The van der Waals surface area contributed by atoms with Crippen molar-refractivity contribution in [3.63, 3.8) is 0 Å². The molecule has 0 aliphatic heterocycles. The van der Waals surface area contributed by atoms with Gasteiger partial charge in [0.2, 0.25) is 5.78 Å². The monoisotopic (exact) mass is 495 g/mol. The van der Waals surface area contributed by atoms with Gasteiger partial charge in [0, 0.05) is 46.6 Å². The number of benzene rings is 4. The maximum Gasteiger partial charge on any atom is 0.332 e. The zero-order valence-electron chi connectivity index (χ0n) is 19.4. The summed E-state index contributed by atoms with van der Waals surface area (Å²) in [7, 11) is 0. The van der Waals surface area contributed by atoms with Gasteiger partial charge in [0.15, 0.2) is 5.71 Å². The number of hydrogen-bond acceptors (Lipinski definition) is 6. The molecule has 0 N–H and O–H groups in total. The van der Waals surface area contributed by atoms with Crippen LogP contribution >= 0.6 is 0 Å². The van der Waals surface area contributed by atoms with E-state index in [1.54, 1.807) is 36.4 Å². The fraction of sp³-hybridized carbons (Fsp3) is 0.0357. The molecule has 8 nitrogen and oxygen atoms in total. The Morgan fingerprint density at radius 3 is 2.27 bits per heavy atom. The zero-order chi connectivity index (χ0) is 26.1. The summed E-state index contributed by atoms with van der Waals surface area (Å²) in [5.74, 6) is -2.06. The summed E-state index contributed by atoms with van der Waals surface area (Å²) >= 11 is 0. The number of non-ortho nitro benzene ring substituents is 1. The minimum atomic E-state index is -0.747. The number of carbonyl (C=O) groups is 2. The van der Waals surface area contributed by atoms with E-state index in [-0.39, 0.29) is 22.5 Å². The van der Waals surface area contributed by atoms with Crippen molar-refractivity contribution in [1.29, 1.82) is 0 Å². The van der Waals surface area contributed by atoms with E-state index in [1.165, 1.54) is 30.3 Å². The number of nitro benzene ring substituents is 1. The normalized spacial score (nSPS) is 11.6. The molecule has 37 heavy (non-hydrogen) atoms. The molecular formula is C28H18FN3O5. The van der Waals surface area contributed by atoms with Crippen molar-refractivity contribution in [1.82, 2.24) is 4.57 Å². The molecule has 0 bridgehead atoms. The first-order chi connectivity index (χ1) is 17.8. The molecular weight excluding hydrogens is 477 g/mol. The first kappa shape index (κ1) is 23.6. The van der Waals surface area contributed by atoms with Gasteiger partial charge in [-0.3, -0.25) is 14.9 Å². The lowest BCUT2D eigenvalue weighted by molar-refractivity contribution is -0.384. The molecule has 0 aliphatic rings. The molecule has 5 rings (SSSR count). The van der Waals surface area contributed by atoms with Crippen molar-refractivity contribution in [2.75, 3.05) is 0 Å². The van der Waals surface area contributed by atoms with Gasteiger partial charge >= 0.3 is 5.97 Å². The Kier molecular flexibility index (Phi) is 6.02. The highest BCUT2D eigenvalue weighted by atomic mass is 19.1. The molecule has 0 atom stereocenters.